The van der Waals surface area contributed by atoms with E-state index >= 15 is 0 Å². The van der Waals surface area contributed by atoms with Crippen molar-refractivity contribution in [1.82, 2.24) is 29.3 Å². The van der Waals surface area contributed by atoms with Gasteiger partial charge in [-0.25, -0.2) is 9.97 Å². The summed E-state index contributed by atoms with van der Waals surface area (Å²) >= 11 is 0. The Kier molecular flexibility index (Phi) is 10.7. The van der Waals surface area contributed by atoms with E-state index in [-0.39, 0.29) is 11.4 Å². The number of carbonyl (C=O) groups excluding carboxylic acids is 2. The molecule has 0 aliphatic carbocycles. The lowest BCUT2D eigenvalue weighted by Crippen LogP contribution is -2.17. The number of aromatic nitrogens is 6. The Labute approximate surface area is 329 Å². The largest absolute Gasteiger partial charge is 0.491 e. The first-order valence-corrected chi connectivity index (χ1v) is 17.9. The average Bonchev–Trinajstić information content (AvgIpc) is 3.82. The predicted octanol–water partition coefficient (Wildman–Crippen LogP) is 2.84. The summed E-state index contributed by atoms with van der Waals surface area (Å²) in [6.45, 7) is 11.2. The van der Waals surface area contributed by atoms with Crippen LogP contribution in [0.2, 0.25) is 0 Å². The zero-order valence-corrected chi connectivity index (χ0v) is 32.3. The number of nitrogens with zero attached hydrogens (tertiary/aromatic N) is 5. The standard InChI is InChI=1S/C22H23N3O4.C20H19N5O3/c1-21(2,27)9-7-14-5-6-17-15(13-14)20-24-18(19(23)26)16(8-10-22(3,4)28)25(20)11-12-29-17;1-20(2,27)7-5-12-3-4-15-13(11-12)19-23-16(18(21)26)17(14-6-8-22-24-14)25(19)9-10-28-15/h5-6,13,27-28H,11-12H2,1-4H3,(H2,23,26);3-4,6,8,11,27H,9-10H2,1-2H3,(H2,21,26)(H,22,24). The van der Waals surface area contributed by atoms with Crippen molar-refractivity contribution in [2.75, 3.05) is 13.2 Å². The van der Waals surface area contributed by atoms with E-state index in [1.165, 1.54) is 0 Å². The number of hydrogen-bond donors (Lipinski definition) is 6. The second-order valence-electron chi connectivity index (χ2n) is 14.8. The van der Waals surface area contributed by atoms with Crippen LogP contribution in [0.5, 0.6) is 11.5 Å². The Morgan fingerprint density at radius 1 is 0.702 bits per heavy atom. The second-order valence-corrected chi connectivity index (χ2v) is 14.8. The highest BCUT2D eigenvalue weighted by molar-refractivity contribution is 5.98. The Bertz CT molecular complexity index is 2560. The van der Waals surface area contributed by atoms with E-state index in [9.17, 15) is 24.9 Å². The SMILES string of the molecule is CC(C)(O)C#Cc1ccc2c(c1)-c1nc(C(N)=O)c(-c3ccn[nH]3)n1CCO2.CC(C)(O)C#Cc1ccc2c(c1)-c1nc(C(N)=O)c(C#CC(C)(C)O)n1CCO2. The van der Waals surface area contributed by atoms with E-state index in [1.807, 2.05) is 22.8 Å². The molecule has 0 fully saturated rings. The number of amides is 2. The Hall–Kier alpha value is -6.83. The number of rotatable bonds is 3. The van der Waals surface area contributed by atoms with Crippen LogP contribution in [0.25, 0.3) is 34.2 Å². The van der Waals surface area contributed by atoms with E-state index in [0.29, 0.717) is 88.8 Å². The summed E-state index contributed by atoms with van der Waals surface area (Å²) in [6, 6.07) is 12.6. The molecular weight excluding hydrogens is 729 g/mol. The quantitative estimate of drug-likeness (QED) is 0.147. The first kappa shape index (κ1) is 39.9. The summed E-state index contributed by atoms with van der Waals surface area (Å²) in [5, 5.41) is 36.5. The van der Waals surface area contributed by atoms with Gasteiger partial charge in [-0.3, -0.25) is 14.7 Å². The zero-order chi connectivity index (χ0) is 41.3. The second kappa shape index (κ2) is 15.4. The minimum atomic E-state index is -1.24. The van der Waals surface area contributed by atoms with Gasteiger partial charge in [-0.15, -0.1) is 0 Å². The summed E-state index contributed by atoms with van der Waals surface area (Å²) in [7, 11) is 0. The number of H-pyrrole nitrogens is 1. The molecule has 7 rings (SSSR count). The lowest BCUT2D eigenvalue weighted by Gasteiger charge is -2.08. The van der Waals surface area contributed by atoms with Crippen molar-refractivity contribution < 1.29 is 34.4 Å². The number of nitrogens with one attached hydrogen (secondary N) is 1. The van der Waals surface area contributed by atoms with Crippen LogP contribution in [-0.2, 0) is 13.1 Å². The molecule has 0 atom stereocenters. The molecule has 292 valence electrons. The molecule has 0 unspecified atom stereocenters. The third-order valence-electron chi connectivity index (χ3n) is 8.26. The van der Waals surface area contributed by atoms with Crippen molar-refractivity contribution in [3.63, 3.8) is 0 Å². The fraction of sp³-hybridized carbons (Fsp3) is 0.310. The van der Waals surface area contributed by atoms with E-state index < -0.39 is 28.6 Å². The smallest absolute Gasteiger partial charge is 0.270 e. The maximum absolute atomic E-state index is 12.0. The number of benzene rings is 2. The summed E-state index contributed by atoms with van der Waals surface area (Å²) in [5.74, 6) is 18.0. The molecule has 2 aliphatic heterocycles. The van der Waals surface area contributed by atoms with Gasteiger partial charge in [-0.05, 0) is 89.9 Å². The maximum Gasteiger partial charge on any atom is 0.270 e. The summed E-state index contributed by atoms with van der Waals surface area (Å²) < 4.78 is 15.3. The highest BCUT2D eigenvalue weighted by atomic mass is 16.5. The van der Waals surface area contributed by atoms with Gasteiger partial charge in [-0.2, -0.15) is 5.10 Å². The third-order valence-corrected chi connectivity index (χ3v) is 8.26. The molecule has 8 N–H and O–H groups in total. The first-order chi connectivity index (χ1) is 26.8. The van der Waals surface area contributed by atoms with Crippen LogP contribution in [-0.4, -0.2) is 86.5 Å². The van der Waals surface area contributed by atoms with Crippen molar-refractivity contribution in [1.29, 1.82) is 0 Å². The normalized spacial score (nSPS) is 12.9. The molecule has 2 amide bonds. The number of hydrogen-bond acceptors (Lipinski definition) is 10. The predicted molar refractivity (Wildman–Crippen MR) is 210 cm³/mol. The molecule has 2 aromatic carbocycles. The van der Waals surface area contributed by atoms with Crippen molar-refractivity contribution in [3.05, 3.63) is 76.9 Å². The van der Waals surface area contributed by atoms with E-state index in [1.54, 1.807) is 76.6 Å². The van der Waals surface area contributed by atoms with Crippen molar-refractivity contribution in [2.24, 2.45) is 11.5 Å². The molecule has 15 nitrogen and oxygen atoms in total. The van der Waals surface area contributed by atoms with Crippen LogP contribution in [0.1, 0.15) is 79.3 Å². The molecule has 0 saturated heterocycles. The van der Waals surface area contributed by atoms with Crippen LogP contribution >= 0.6 is 0 Å². The highest BCUT2D eigenvalue weighted by Crippen LogP contribution is 2.37. The van der Waals surface area contributed by atoms with Gasteiger partial charge in [-0.1, -0.05) is 29.6 Å². The number of carbonyl (C=O) groups is 2. The van der Waals surface area contributed by atoms with E-state index in [2.05, 4.69) is 55.7 Å². The van der Waals surface area contributed by atoms with Gasteiger partial charge in [0.15, 0.2) is 11.4 Å². The summed E-state index contributed by atoms with van der Waals surface area (Å²) in [4.78, 5) is 33.0. The van der Waals surface area contributed by atoms with Gasteiger partial charge >= 0.3 is 0 Å². The monoisotopic (exact) mass is 770 g/mol. The number of aliphatic hydroxyl groups is 3. The lowest BCUT2D eigenvalue weighted by atomic mass is 10.1. The molecule has 3 aromatic heterocycles. The van der Waals surface area contributed by atoms with Crippen LogP contribution in [0.15, 0.2) is 48.7 Å². The van der Waals surface area contributed by atoms with Crippen LogP contribution in [0.4, 0.5) is 0 Å². The van der Waals surface area contributed by atoms with Crippen molar-refractivity contribution in [2.45, 2.75) is 71.4 Å². The van der Waals surface area contributed by atoms with Gasteiger partial charge in [0.1, 0.15) is 58.9 Å². The minimum Gasteiger partial charge on any atom is -0.491 e. The van der Waals surface area contributed by atoms with Gasteiger partial charge in [0, 0.05) is 17.3 Å². The van der Waals surface area contributed by atoms with Crippen molar-refractivity contribution >= 4 is 11.8 Å². The lowest BCUT2D eigenvalue weighted by molar-refractivity contribution is 0.0987. The first-order valence-electron chi connectivity index (χ1n) is 17.9. The molecule has 5 heterocycles. The Morgan fingerprint density at radius 3 is 1.65 bits per heavy atom. The van der Waals surface area contributed by atoms with Gasteiger partial charge < -0.3 is 45.4 Å². The molecule has 0 bridgehead atoms. The third kappa shape index (κ3) is 9.35. The molecule has 0 spiro atoms. The van der Waals surface area contributed by atoms with Crippen molar-refractivity contribution in [3.8, 4) is 81.2 Å². The number of ether oxygens (including phenoxy) is 2. The Balaban J connectivity index is 0.000000193. The van der Waals surface area contributed by atoms with Crippen LogP contribution < -0.4 is 20.9 Å². The van der Waals surface area contributed by atoms with E-state index in [4.69, 9.17) is 20.9 Å². The summed E-state index contributed by atoms with van der Waals surface area (Å²) in [5.41, 5.74) is 12.1. The number of aromatic amines is 1. The average molecular weight is 771 g/mol. The molecule has 2 aliphatic rings. The summed E-state index contributed by atoms with van der Waals surface area (Å²) in [6.07, 6.45) is 1.60. The number of primary amides is 2. The molecule has 5 aromatic rings. The topological polar surface area (TPSA) is 230 Å². The molecule has 57 heavy (non-hydrogen) atoms. The van der Waals surface area contributed by atoms with Gasteiger partial charge in [0.2, 0.25) is 0 Å². The fourth-order valence-electron chi connectivity index (χ4n) is 5.86. The highest BCUT2D eigenvalue weighted by Gasteiger charge is 2.28. The fourth-order valence-corrected chi connectivity index (χ4v) is 5.86. The van der Waals surface area contributed by atoms with Gasteiger partial charge in [0.25, 0.3) is 11.8 Å². The maximum atomic E-state index is 12.0. The zero-order valence-electron chi connectivity index (χ0n) is 32.3. The van der Waals surface area contributed by atoms with Gasteiger partial charge in [0.05, 0.1) is 35.6 Å². The van der Waals surface area contributed by atoms with E-state index in [0.717, 1.165) is 0 Å². The molecule has 15 heteroatoms. The number of imidazole rings is 2. The Morgan fingerprint density at radius 2 is 1.18 bits per heavy atom. The molecular formula is C42H42N8O7. The van der Waals surface area contributed by atoms with Crippen LogP contribution in [0.3, 0.4) is 0 Å². The van der Waals surface area contributed by atoms with Crippen LogP contribution in [0, 0.1) is 35.5 Å². The molecule has 0 saturated carbocycles. The molecule has 0 radical (unpaired) electrons. The number of nitrogens with two attached hydrogens (primary N) is 2. The number of fused-ring (bicyclic) bond motifs is 6. The minimum absolute atomic E-state index is 0.0394.